The number of carbonyl (C=O) groups excluding carboxylic acids is 2. The lowest BCUT2D eigenvalue weighted by molar-refractivity contribution is -0.119. The van der Waals surface area contributed by atoms with Gasteiger partial charge in [0.2, 0.25) is 5.91 Å². The second-order valence-corrected chi connectivity index (χ2v) is 7.05. The second kappa shape index (κ2) is 10.0. The summed E-state index contributed by atoms with van der Waals surface area (Å²) in [6, 6.07) is 6.95. The van der Waals surface area contributed by atoms with Crippen molar-refractivity contribution in [2.24, 2.45) is 0 Å². The summed E-state index contributed by atoms with van der Waals surface area (Å²) in [7, 11) is 0. The van der Waals surface area contributed by atoms with Gasteiger partial charge < -0.3 is 10.1 Å². The fourth-order valence-corrected chi connectivity index (χ4v) is 3.29. The number of ether oxygens (including phenoxy) is 1. The van der Waals surface area contributed by atoms with E-state index in [4.69, 9.17) is 16.3 Å². The first kappa shape index (κ1) is 24.2. The summed E-state index contributed by atoms with van der Waals surface area (Å²) in [6.45, 7) is 2.82. The number of para-hydroxylation sites is 1. The zero-order chi connectivity index (χ0) is 24.3. The number of anilines is 1. The van der Waals surface area contributed by atoms with Crippen molar-refractivity contribution in [1.29, 1.82) is 0 Å². The predicted octanol–water partition coefficient (Wildman–Crippen LogP) is 4.97. The molecule has 3 aromatic rings. The minimum absolute atomic E-state index is 0.0546. The van der Waals surface area contributed by atoms with E-state index in [1.54, 1.807) is 37.3 Å². The molecule has 33 heavy (non-hydrogen) atoms. The first-order valence-electron chi connectivity index (χ1n) is 9.62. The number of hydrogen-bond acceptors (Lipinski definition) is 5. The highest BCUT2D eigenvalue weighted by Gasteiger charge is 2.33. The first-order valence-corrected chi connectivity index (χ1v) is 10.0. The monoisotopic (exact) mass is 487 g/mol. The molecule has 0 saturated carbocycles. The lowest BCUT2D eigenvalue weighted by atomic mass is 10.2. The SMILES string of the molecule is CCOC(=O)c1cnn(-c2ccccc2)c1NC(=O)C(C)n1nc(C(F)F)c(Cl)c1C(F)F. The molecule has 0 fully saturated rings. The number of amides is 1. The average Bonchev–Trinajstić information content (AvgIpc) is 3.35. The summed E-state index contributed by atoms with van der Waals surface area (Å²) in [5.74, 6) is -1.81. The Morgan fingerprint density at radius 1 is 1.15 bits per heavy atom. The molecule has 3 rings (SSSR count). The molecule has 13 heteroatoms. The molecule has 1 atom stereocenters. The van der Waals surface area contributed by atoms with Crippen molar-refractivity contribution in [3.05, 3.63) is 58.5 Å². The van der Waals surface area contributed by atoms with Crippen molar-refractivity contribution in [3.63, 3.8) is 0 Å². The largest absolute Gasteiger partial charge is 0.462 e. The van der Waals surface area contributed by atoms with Crippen LogP contribution < -0.4 is 5.32 Å². The van der Waals surface area contributed by atoms with Gasteiger partial charge in [-0.3, -0.25) is 4.79 Å². The van der Waals surface area contributed by atoms with E-state index >= 15 is 0 Å². The topological polar surface area (TPSA) is 91.0 Å². The van der Waals surface area contributed by atoms with Crippen LogP contribution in [0.2, 0.25) is 5.02 Å². The van der Waals surface area contributed by atoms with Gasteiger partial charge in [-0.1, -0.05) is 29.8 Å². The van der Waals surface area contributed by atoms with Crippen molar-refractivity contribution >= 4 is 29.3 Å². The summed E-state index contributed by atoms with van der Waals surface area (Å²) >= 11 is 5.67. The van der Waals surface area contributed by atoms with Crippen molar-refractivity contribution < 1.29 is 31.9 Å². The maximum absolute atomic E-state index is 13.5. The number of carbonyl (C=O) groups is 2. The molecule has 1 aromatic carbocycles. The molecule has 1 N–H and O–H groups in total. The molecule has 2 heterocycles. The van der Waals surface area contributed by atoms with Gasteiger partial charge in [0.05, 0.1) is 23.5 Å². The van der Waals surface area contributed by atoms with Crippen LogP contribution in [-0.2, 0) is 9.53 Å². The molecule has 1 unspecified atom stereocenters. The number of aromatic nitrogens is 4. The van der Waals surface area contributed by atoms with Crippen molar-refractivity contribution in [2.75, 3.05) is 11.9 Å². The normalized spacial score (nSPS) is 12.3. The first-order chi connectivity index (χ1) is 15.7. The number of nitrogens with one attached hydrogen (secondary N) is 1. The van der Waals surface area contributed by atoms with Crippen LogP contribution in [0.3, 0.4) is 0 Å². The minimum Gasteiger partial charge on any atom is -0.462 e. The molecule has 2 aromatic heterocycles. The van der Waals surface area contributed by atoms with E-state index in [9.17, 15) is 27.2 Å². The van der Waals surface area contributed by atoms with Crippen molar-refractivity contribution in [1.82, 2.24) is 19.6 Å². The lowest BCUT2D eigenvalue weighted by Crippen LogP contribution is -2.28. The van der Waals surface area contributed by atoms with Crippen LogP contribution in [-0.4, -0.2) is 38.0 Å². The fraction of sp³-hybridized carbons (Fsp3) is 0.300. The zero-order valence-corrected chi connectivity index (χ0v) is 18.1. The van der Waals surface area contributed by atoms with Gasteiger partial charge in [0.1, 0.15) is 23.0 Å². The molecule has 0 aliphatic carbocycles. The van der Waals surface area contributed by atoms with E-state index in [-0.39, 0.29) is 18.0 Å². The van der Waals surface area contributed by atoms with Gasteiger partial charge >= 0.3 is 5.97 Å². The van der Waals surface area contributed by atoms with E-state index in [0.29, 0.717) is 10.4 Å². The molecule has 0 saturated heterocycles. The molecule has 8 nitrogen and oxygen atoms in total. The fourth-order valence-electron chi connectivity index (χ4n) is 3.00. The molecule has 1 amide bonds. The Bertz CT molecular complexity index is 1150. The Balaban J connectivity index is 2.01. The zero-order valence-electron chi connectivity index (χ0n) is 17.3. The number of esters is 1. The number of nitrogens with zero attached hydrogens (tertiary/aromatic N) is 4. The van der Waals surface area contributed by atoms with Crippen molar-refractivity contribution in [3.8, 4) is 5.69 Å². The van der Waals surface area contributed by atoms with Gasteiger partial charge in [-0.15, -0.1) is 0 Å². The molecular weight excluding hydrogens is 470 g/mol. The third-order valence-electron chi connectivity index (χ3n) is 4.58. The van der Waals surface area contributed by atoms with E-state index < -0.39 is 47.2 Å². The van der Waals surface area contributed by atoms with Gasteiger partial charge in [0.15, 0.2) is 5.82 Å². The number of alkyl halides is 4. The van der Waals surface area contributed by atoms with Crippen LogP contribution >= 0.6 is 11.6 Å². The van der Waals surface area contributed by atoms with E-state index in [1.165, 1.54) is 17.8 Å². The number of benzene rings is 1. The van der Waals surface area contributed by atoms with Gasteiger partial charge in [0, 0.05) is 0 Å². The Hall–Kier alpha value is -3.41. The Morgan fingerprint density at radius 3 is 2.39 bits per heavy atom. The van der Waals surface area contributed by atoms with Crippen LogP contribution in [0.4, 0.5) is 23.4 Å². The van der Waals surface area contributed by atoms with Gasteiger partial charge in [0.25, 0.3) is 12.9 Å². The molecular formula is C20H18ClF4N5O3. The lowest BCUT2D eigenvalue weighted by Gasteiger charge is -2.17. The average molecular weight is 488 g/mol. The Morgan fingerprint density at radius 2 is 1.82 bits per heavy atom. The molecule has 176 valence electrons. The smallest absolute Gasteiger partial charge is 0.343 e. The standard InChI is InChI=1S/C20H18ClF4N5O3/c1-3-33-20(32)12-9-26-30(11-7-5-4-6-8-11)18(12)27-19(31)10(2)29-15(17(24)25)13(21)14(28-29)16(22)23/h4-10,16-17H,3H2,1-2H3,(H,27,31). The molecule has 0 bridgehead atoms. The Kier molecular flexibility index (Phi) is 7.36. The highest BCUT2D eigenvalue weighted by Crippen LogP contribution is 2.36. The maximum Gasteiger partial charge on any atom is 0.343 e. The van der Waals surface area contributed by atoms with Crippen LogP contribution in [0.5, 0.6) is 0 Å². The van der Waals surface area contributed by atoms with Crippen LogP contribution in [0.15, 0.2) is 36.5 Å². The molecule has 0 aliphatic rings. The minimum atomic E-state index is -3.27. The second-order valence-electron chi connectivity index (χ2n) is 6.67. The maximum atomic E-state index is 13.5. The Labute approximate surface area is 190 Å². The number of rotatable bonds is 8. The third-order valence-corrected chi connectivity index (χ3v) is 4.97. The summed E-state index contributed by atoms with van der Waals surface area (Å²) in [6.07, 6.45) is -5.31. The van der Waals surface area contributed by atoms with Gasteiger partial charge in [-0.05, 0) is 26.0 Å². The van der Waals surface area contributed by atoms with Crippen LogP contribution in [0, 0.1) is 0 Å². The summed E-state index contributed by atoms with van der Waals surface area (Å²) in [5.41, 5.74) is -1.70. The third kappa shape index (κ3) is 4.85. The molecule has 0 spiro atoms. The van der Waals surface area contributed by atoms with Crippen LogP contribution in [0.25, 0.3) is 5.69 Å². The van der Waals surface area contributed by atoms with Gasteiger partial charge in [-0.25, -0.2) is 31.7 Å². The van der Waals surface area contributed by atoms with E-state index in [1.807, 2.05) is 0 Å². The molecule has 0 aliphatic heterocycles. The summed E-state index contributed by atoms with van der Waals surface area (Å²) < 4.78 is 60.0. The van der Waals surface area contributed by atoms with E-state index in [2.05, 4.69) is 15.5 Å². The quantitative estimate of drug-likeness (QED) is 0.358. The van der Waals surface area contributed by atoms with Crippen molar-refractivity contribution in [2.45, 2.75) is 32.7 Å². The highest BCUT2D eigenvalue weighted by molar-refractivity contribution is 6.32. The summed E-state index contributed by atoms with van der Waals surface area (Å²) in [4.78, 5) is 25.3. The number of halogens is 5. The number of hydrogen-bond donors (Lipinski definition) is 1. The molecule has 0 radical (unpaired) electrons. The van der Waals surface area contributed by atoms with E-state index in [0.717, 1.165) is 0 Å². The van der Waals surface area contributed by atoms with Crippen LogP contribution in [0.1, 0.15) is 54.5 Å². The van der Waals surface area contributed by atoms with Gasteiger partial charge in [-0.2, -0.15) is 10.2 Å². The highest BCUT2D eigenvalue weighted by atomic mass is 35.5. The summed E-state index contributed by atoms with van der Waals surface area (Å²) in [5, 5.41) is 9.06. The predicted molar refractivity (Wildman–Crippen MR) is 110 cm³/mol.